The molecule has 0 saturated heterocycles. The minimum absolute atomic E-state index is 0.129. The van der Waals surface area contributed by atoms with Crippen molar-refractivity contribution in [2.24, 2.45) is 5.10 Å². The van der Waals surface area contributed by atoms with E-state index in [4.69, 9.17) is 15.9 Å². The average molecular weight is 533 g/mol. The van der Waals surface area contributed by atoms with Gasteiger partial charge in [0.05, 0.1) is 24.2 Å². The molecule has 0 radical (unpaired) electrons. The summed E-state index contributed by atoms with van der Waals surface area (Å²) in [6, 6.07) is 8.96. The summed E-state index contributed by atoms with van der Waals surface area (Å²) < 4.78 is 13.8. The first-order chi connectivity index (χ1) is 14.5. The number of hydrogen-bond acceptors (Lipinski definition) is 5. The molecule has 0 aliphatic carbocycles. The lowest BCUT2D eigenvalue weighted by Gasteiger charge is -2.11. The molecule has 0 bridgehead atoms. The van der Waals surface area contributed by atoms with E-state index in [1.807, 2.05) is 19.1 Å². The van der Waals surface area contributed by atoms with Crippen LogP contribution in [0.25, 0.3) is 10.9 Å². The molecule has 0 aliphatic rings. The van der Waals surface area contributed by atoms with E-state index in [9.17, 15) is 4.79 Å². The Morgan fingerprint density at radius 3 is 2.77 bits per heavy atom. The monoisotopic (exact) mass is 531 g/mol. The molecule has 0 amide bonds. The number of fused-ring (bicyclic) bond motifs is 1. The topological polar surface area (TPSA) is 65.7 Å². The highest BCUT2D eigenvalue weighted by Gasteiger charge is 2.12. The van der Waals surface area contributed by atoms with Gasteiger partial charge in [0.25, 0.3) is 5.56 Å². The molecule has 6 nitrogen and oxygen atoms in total. The maximum absolute atomic E-state index is 13.1. The second kappa shape index (κ2) is 9.92. The highest BCUT2D eigenvalue weighted by Crippen LogP contribution is 2.33. The zero-order valence-corrected chi connectivity index (χ0v) is 19.7. The fraction of sp³-hybridized carbons (Fsp3) is 0.227. The van der Waals surface area contributed by atoms with Gasteiger partial charge in [-0.05, 0) is 52.7 Å². The molecule has 3 aromatic rings. The van der Waals surface area contributed by atoms with Gasteiger partial charge in [0.15, 0.2) is 11.5 Å². The molecule has 0 unspecified atom stereocenters. The van der Waals surface area contributed by atoms with Crippen molar-refractivity contribution < 1.29 is 9.47 Å². The zero-order chi connectivity index (χ0) is 21.7. The standard InChI is InChI=1S/C22H19Br2N3O3/c1-4-6-21-26-18-8-7-15(23)11-16(18)22(28)27(21)25-13-14-10-19(29-3)20(12-17(14)24)30-9-5-2/h2,7-8,10-13H,4,6,9H2,1,3H3. The second-order valence-electron chi connectivity index (χ2n) is 6.32. The summed E-state index contributed by atoms with van der Waals surface area (Å²) in [6.07, 6.45) is 8.31. The van der Waals surface area contributed by atoms with Crippen molar-refractivity contribution in [1.29, 1.82) is 0 Å². The number of aryl methyl sites for hydroxylation is 1. The first-order valence-corrected chi connectivity index (χ1v) is 10.8. The van der Waals surface area contributed by atoms with Crippen LogP contribution in [0.5, 0.6) is 11.5 Å². The Kier molecular flexibility index (Phi) is 7.29. The van der Waals surface area contributed by atoms with E-state index in [1.54, 1.807) is 31.5 Å². The summed E-state index contributed by atoms with van der Waals surface area (Å²) in [5.41, 5.74) is 1.14. The number of aromatic nitrogens is 2. The van der Waals surface area contributed by atoms with Gasteiger partial charge in [0.2, 0.25) is 0 Å². The molecular weight excluding hydrogens is 514 g/mol. The largest absolute Gasteiger partial charge is 0.493 e. The smallest absolute Gasteiger partial charge is 0.282 e. The second-order valence-corrected chi connectivity index (χ2v) is 8.09. The van der Waals surface area contributed by atoms with Gasteiger partial charge in [-0.3, -0.25) is 4.79 Å². The number of methoxy groups -OCH3 is 1. The number of rotatable bonds is 7. The van der Waals surface area contributed by atoms with Gasteiger partial charge in [-0.15, -0.1) is 6.42 Å². The molecule has 1 heterocycles. The van der Waals surface area contributed by atoms with Crippen molar-refractivity contribution in [2.75, 3.05) is 13.7 Å². The van der Waals surface area contributed by atoms with Crippen LogP contribution in [0.4, 0.5) is 0 Å². The Labute approximate surface area is 191 Å². The number of hydrogen-bond donors (Lipinski definition) is 0. The number of halogens is 2. The van der Waals surface area contributed by atoms with E-state index in [0.717, 1.165) is 15.4 Å². The minimum Gasteiger partial charge on any atom is -0.493 e. The van der Waals surface area contributed by atoms with Crippen molar-refractivity contribution in [3.05, 3.63) is 61.0 Å². The van der Waals surface area contributed by atoms with E-state index in [0.29, 0.717) is 40.2 Å². The molecule has 0 N–H and O–H groups in total. The van der Waals surface area contributed by atoms with Gasteiger partial charge in [-0.25, -0.2) is 4.98 Å². The van der Waals surface area contributed by atoms with Crippen molar-refractivity contribution in [3.8, 4) is 23.8 Å². The third-order valence-corrected chi connectivity index (χ3v) is 5.44. The summed E-state index contributed by atoms with van der Waals surface area (Å²) in [6.45, 7) is 2.16. The van der Waals surface area contributed by atoms with Crippen LogP contribution < -0.4 is 15.0 Å². The molecule has 8 heteroatoms. The number of terminal acetylenes is 1. The SMILES string of the molecule is C#CCOc1cc(Br)c(C=Nn2c(CCC)nc3ccc(Br)cc3c2=O)cc1OC. The molecule has 0 aliphatic heterocycles. The van der Waals surface area contributed by atoms with Crippen LogP contribution in [-0.2, 0) is 6.42 Å². The number of nitrogens with zero attached hydrogens (tertiary/aromatic N) is 3. The zero-order valence-electron chi connectivity index (χ0n) is 16.5. The van der Waals surface area contributed by atoms with Crippen LogP contribution in [0.3, 0.4) is 0 Å². The summed E-state index contributed by atoms with van der Waals surface area (Å²) in [5, 5.41) is 4.94. The average Bonchev–Trinajstić information content (AvgIpc) is 2.73. The van der Waals surface area contributed by atoms with E-state index >= 15 is 0 Å². The van der Waals surface area contributed by atoms with E-state index < -0.39 is 0 Å². The highest BCUT2D eigenvalue weighted by molar-refractivity contribution is 9.10. The molecule has 0 fully saturated rings. The van der Waals surface area contributed by atoms with Crippen molar-refractivity contribution >= 4 is 49.0 Å². The third-order valence-electron chi connectivity index (χ3n) is 4.26. The quantitative estimate of drug-likeness (QED) is 0.324. The van der Waals surface area contributed by atoms with Crippen molar-refractivity contribution in [1.82, 2.24) is 9.66 Å². The minimum atomic E-state index is -0.224. The van der Waals surface area contributed by atoms with Crippen LogP contribution in [0.1, 0.15) is 24.7 Å². The van der Waals surface area contributed by atoms with Gasteiger partial charge in [0.1, 0.15) is 12.4 Å². The molecule has 154 valence electrons. The summed E-state index contributed by atoms with van der Waals surface area (Å²) in [4.78, 5) is 17.7. The molecule has 3 rings (SSSR count). The van der Waals surface area contributed by atoms with Gasteiger partial charge in [-0.1, -0.05) is 28.8 Å². The van der Waals surface area contributed by atoms with Crippen molar-refractivity contribution in [2.45, 2.75) is 19.8 Å². The van der Waals surface area contributed by atoms with Crippen LogP contribution in [0, 0.1) is 12.3 Å². The fourth-order valence-corrected chi connectivity index (χ4v) is 3.65. The molecule has 0 atom stereocenters. The predicted molar refractivity (Wildman–Crippen MR) is 126 cm³/mol. The summed E-state index contributed by atoms with van der Waals surface area (Å²) >= 11 is 6.91. The Morgan fingerprint density at radius 1 is 1.27 bits per heavy atom. The molecule has 0 spiro atoms. The first-order valence-electron chi connectivity index (χ1n) is 9.17. The maximum Gasteiger partial charge on any atom is 0.282 e. The Morgan fingerprint density at radius 2 is 2.07 bits per heavy atom. The summed E-state index contributed by atoms with van der Waals surface area (Å²) in [7, 11) is 1.54. The van der Waals surface area contributed by atoms with Gasteiger partial charge in [0, 0.05) is 20.9 Å². The summed E-state index contributed by atoms with van der Waals surface area (Å²) in [5.74, 6) is 4.05. The van der Waals surface area contributed by atoms with Crippen LogP contribution in [-0.4, -0.2) is 29.6 Å². The molecule has 30 heavy (non-hydrogen) atoms. The van der Waals surface area contributed by atoms with Gasteiger partial charge >= 0.3 is 0 Å². The first kappa shape index (κ1) is 22.1. The van der Waals surface area contributed by atoms with Crippen LogP contribution in [0.2, 0.25) is 0 Å². The fourth-order valence-electron chi connectivity index (χ4n) is 2.86. The number of ether oxygens (including phenoxy) is 2. The van der Waals surface area contributed by atoms with Crippen molar-refractivity contribution in [3.63, 3.8) is 0 Å². The normalized spacial score (nSPS) is 11.0. The predicted octanol–water partition coefficient (Wildman–Crippen LogP) is 4.78. The molecule has 0 saturated carbocycles. The van der Waals surface area contributed by atoms with E-state index in [-0.39, 0.29) is 12.2 Å². The maximum atomic E-state index is 13.1. The van der Waals surface area contributed by atoms with Gasteiger partial charge < -0.3 is 9.47 Å². The lowest BCUT2D eigenvalue weighted by atomic mass is 10.2. The molecule has 2 aromatic carbocycles. The lowest BCUT2D eigenvalue weighted by Crippen LogP contribution is -2.22. The van der Waals surface area contributed by atoms with Crippen LogP contribution in [0.15, 0.2) is 49.2 Å². The molecule has 1 aromatic heterocycles. The Bertz CT molecular complexity index is 1210. The van der Waals surface area contributed by atoms with Gasteiger partial charge in [-0.2, -0.15) is 9.78 Å². The van der Waals surface area contributed by atoms with E-state index in [1.165, 1.54) is 4.68 Å². The molecular formula is C22H19Br2N3O3. The Hall–Kier alpha value is -2.63. The van der Waals surface area contributed by atoms with Crippen LogP contribution >= 0.6 is 31.9 Å². The lowest BCUT2D eigenvalue weighted by molar-refractivity contribution is 0.330. The Balaban J connectivity index is 2.09. The highest BCUT2D eigenvalue weighted by atomic mass is 79.9. The van der Waals surface area contributed by atoms with E-state index in [2.05, 4.69) is 47.9 Å². The number of benzene rings is 2. The third kappa shape index (κ3) is 4.74.